The molecule has 2 atom stereocenters. The lowest BCUT2D eigenvalue weighted by atomic mass is 9.75. The number of aliphatic hydroxyl groups is 1. The number of carbonyl (C=O) groups is 1. The summed E-state index contributed by atoms with van der Waals surface area (Å²) in [7, 11) is 3.58. The van der Waals surface area contributed by atoms with E-state index >= 15 is 0 Å². The van der Waals surface area contributed by atoms with Gasteiger partial charge in [0.25, 0.3) is 0 Å². The predicted molar refractivity (Wildman–Crippen MR) is 113 cm³/mol. The molecule has 1 aromatic carbocycles. The summed E-state index contributed by atoms with van der Waals surface area (Å²) in [4.78, 5) is 20.9. The second kappa shape index (κ2) is 7.85. The number of piperidine rings is 2. The van der Waals surface area contributed by atoms with Gasteiger partial charge in [-0.25, -0.2) is 4.79 Å². The molecule has 1 aromatic heterocycles. The Morgan fingerprint density at radius 1 is 1.14 bits per heavy atom. The van der Waals surface area contributed by atoms with Gasteiger partial charge in [0.1, 0.15) is 0 Å². The van der Waals surface area contributed by atoms with Gasteiger partial charge in [0.15, 0.2) is 0 Å². The van der Waals surface area contributed by atoms with Crippen molar-refractivity contribution in [3.05, 3.63) is 47.3 Å². The summed E-state index contributed by atoms with van der Waals surface area (Å²) in [6, 6.07) is 15.0. The largest absolute Gasteiger partial charge is 0.389 e. The maximum atomic E-state index is 12.3. The first-order valence-corrected chi connectivity index (χ1v) is 10.8. The Hall–Kier alpha value is -1.89. The summed E-state index contributed by atoms with van der Waals surface area (Å²) >= 11 is 1.84. The third-order valence-electron chi connectivity index (χ3n) is 6.11. The van der Waals surface area contributed by atoms with Crippen molar-refractivity contribution < 1.29 is 9.90 Å². The zero-order chi connectivity index (χ0) is 19.7. The van der Waals surface area contributed by atoms with Gasteiger partial charge in [-0.15, -0.1) is 11.3 Å². The van der Waals surface area contributed by atoms with Crippen molar-refractivity contribution >= 4 is 17.4 Å². The third-order valence-corrected chi connectivity index (χ3v) is 7.23. The first kappa shape index (κ1) is 19.4. The van der Waals surface area contributed by atoms with E-state index in [1.165, 1.54) is 15.3 Å². The number of rotatable bonds is 3. The first-order valence-electron chi connectivity index (χ1n) is 10.00. The van der Waals surface area contributed by atoms with Crippen molar-refractivity contribution in [3.63, 3.8) is 0 Å². The van der Waals surface area contributed by atoms with Crippen molar-refractivity contribution in [2.24, 2.45) is 5.92 Å². The Morgan fingerprint density at radius 2 is 1.89 bits per heavy atom. The molecule has 5 nitrogen and oxygen atoms in total. The van der Waals surface area contributed by atoms with Crippen LogP contribution in [-0.2, 0) is 6.54 Å². The van der Waals surface area contributed by atoms with Gasteiger partial charge in [0.05, 0.1) is 5.60 Å². The van der Waals surface area contributed by atoms with Crippen LogP contribution in [0, 0.1) is 5.92 Å². The summed E-state index contributed by atoms with van der Waals surface area (Å²) in [5.41, 5.74) is 0.640. The normalized spacial score (nSPS) is 25.4. The van der Waals surface area contributed by atoms with E-state index in [0.29, 0.717) is 19.5 Å². The average molecular weight is 400 g/mol. The predicted octanol–water partition coefficient (Wildman–Crippen LogP) is 3.36. The summed E-state index contributed by atoms with van der Waals surface area (Å²) in [5.74, 6) is 0.118. The van der Waals surface area contributed by atoms with E-state index in [2.05, 4.69) is 41.3 Å². The van der Waals surface area contributed by atoms with Crippen LogP contribution in [0.5, 0.6) is 0 Å². The monoisotopic (exact) mass is 399 g/mol. The summed E-state index contributed by atoms with van der Waals surface area (Å²) in [5, 5.41) is 11.1. The molecule has 0 spiro atoms. The zero-order valence-corrected chi connectivity index (χ0v) is 17.5. The molecule has 4 rings (SSSR count). The quantitative estimate of drug-likeness (QED) is 0.861. The Bertz CT molecular complexity index is 822. The molecule has 0 unspecified atom stereocenters. The number of hydrogen-bond acceptors (Lipinski definition) is 4. The van der Waals surface area contributed by atoms with Gasteiger partial charge in [-0.3, -0.25) is 4.90 Å². The second-order valence-corrected chi connectivity index (χ2v) is 9.46. The van der Waals surface area contributed by atoms with Gasteiger partial charge in [-0.2, -0.15) is 0 Å². The molecule has 150 valence electrons. The maximum absolute atomic E-state index is 12.3. The van der Waals surface area contributed by atoms with E-state index in [4.69, 9.17) is 0 Å². The van der Waals surface area contributed by atoms with Crippen LogP contribution in [-0.4, -0.2) is 71.7 Å². The number of nitrogens with zero attached hydrogens (tertiary/aromatic N) is 3. The second-order valence-electron chi connectivity index (χ2n) is 8.29. The zero-order valence-electron chi connectivity index (χ0n) is 16.7. The van der Waals surface area contributed by atoms with Gasteiger partial charge >= 0.3 is 6.03 Å². The number of fused-ring (bicyclic) bond motifs is 1. The maximum Gasteiger partial charge on any atom is 0.319 e. The molecule has 3 heterocycles. The highest BCUT2D eigenvalue weighted by Gasteiger charge is 2.46. The van der Waals surface area contributed by atoms with Gasteiger partial charge in [0, 0.05) is 62.5 Å². The van der Waals surface area contributed by atoms with E-state index in [1.54, 1.807) is 19.0 Å². The number of benzene rings is 1. The molecule has 0 aliphatic carbocycles. The molecule has 0 radical (unpaired) electrons. The molecular weight excluding hydrogens is 370 g/mol. The van der Waals surface area contributed by atoms with Crippen LogP contribution in [0.15, 0.2) is 42.5 Å². The lowest BCUT2D eigenvalue weighted by Gasteiger charge is -2.50. The Labute approximate surface area is 171 Å². The molecule has 2 saturated heterocycles. The fourth-order valence-corrected chi connectivity index (χ4v) is 5.47. The third kappa shape index (κ3) is 3.95. The van der Waals surface area contributed by atoms with Crippen molar-refractivity contribution in [1.29, 1.82) is 0 Å². The molecule has 2 amide bonds. The van der Waals surface area contributed by atoms with Crippen LogP contribution in [0.3, 0.4) is 0 Å². The first-order chi connectivity index (χ1) is 13.4. The van der Waals surface area contributed by atoms with Crippen LogP contribution in [0.1, 0.15) is 17.7 Å². The molecule has 28 heavy (non-hydrogen) atoms. The van der Waals surface area contributed by atoms with Crippen molar-refractivity contribution in [3.8, 4) is 10.4 Å². The number of carbonyl (C=O) groups excluding carboxylic acids is 1. The summed E-state index contributed by atoms with van der Waals surface area (Å²) in [6.45, 7) is 3.95. The minimum absolute atomic E-state index is 0.0462. The van der Waals surface area contributed by atoms with Crippen molar-refractivity contribution in [2.45, 2.75) is 25.0 Å². The standard InChI is InChI=1S/C22H29N3O2S/c1-23(2)21(26)25-13-11-22(27)10-12-24(14-18(22)15-25)16-19-8-9-20(28-19)17-6-4-3-5-7-17/h3-9,18,27H,10-16H2,1-2H3/t18-,22-/m0/s1. The van der Waals surface area contributed by atoms with Gasteiger partial charge in [0.2, 0.25) is 0 Å². The van der Waals surface area contributed by atoms with E-state index in [1.807, 2.05) is 22.3 Å². The molecule has 2 aliphatic heterocycles. The van der Waals surface area contributed by atoms with Crippen LogP contribution in [0.2, 0.25) is 0 Å². The van der Waals surface area contributed by atoms with E-state index < -0.39 is 5.60 Å². The molecule has 0 saturated carbocycles. The van der Waals surface area contributed by atoms with Crippen molar-refractivity contribution in [2.75, 3.05) is 40.3 Å². The summed E-state index contributed by atoms with van der Waals surface area (Å²) in [6.07, 6.45) is 1.47. The fraction of sp³-hybridized carbons (Fsp3) is 0.500. The SMILES string of the molecule is CN(C)C(=O)N1CC[C@@]2(O)CCN(Cc3ccc(-c4ccccc4)s3)C[C@H]2C1. The molecule has 0 bridgehead atoms. The molecule has 6 heteroatoms. The average Bonchev–Trinajstić information content (AvgIpc) is 3.16. The van der Waals surface area contributed by atoms with Gasteiger partial charge in [-0.1, -0.05) is 30.3 Å². The number of urea groups is 1. The van der Waals surface area contributed by atoms with E-state index in [-0.39, 0.29) is 11.9 Å². The lowest BCUT2D eigenvalue weighted by molar-refractivity contribution is -0.108. The minimum atomic E-state index is -0.621. The van der Waals surface area contributed by atoms with Crippen LogP contribution in [0.25, 0.3) is 10.4 Å². The molecular formula is C22H29N3O2S. The van der Waals surface area contributed by atoms with Crippen molar-refractivity contribution in [1.82, 2.24) is 14.7 Å². The molecule has 2 aromatic rings. The molecule has 2 fully saturated rings. The highest BCUT2D eigenvalue weighted by Crippen LogP contribution is 2.37. The Morgan fingerprint density at radius 3 is 2.64 bits per heavy atom. The number of thiophene rings is 1. The van der Waals surface area contributed by atoms with Crippen LogP contribution in [0.4, 0.5) is 4.79 Å². The van der Waals surface area contributed by atoms with Crippen LogP contribution >= 0.6 is 11.3 Å². The van der Waals surface area contributed by atoms with E-state index in [0.717, 1.165) is 26.1 Å². The molecule has 2 aliphatic rings. The fourth-order valence-electron chi connectivity index (χ4n) is 4.41. The smallest absolute Gasteiger partial charge is 0.319 e. The topological polar surface area (TPSA) is 47.0 Å². The van der Waals surface area contributed by atoms with Gasteiger partial charge in [-0.05, 0) is 30.5 Å². The number of likely N-dealkylation sites (tertiary alicyclic amines) is 2. The highest BCUT2D eigenvalue weighted by atomic mass is 32.1. The Balaban J connectivity index is 1.41. The Kier molecular flexibility index (Phi) is 5.45. The van der Waals surface area contributed by atoms with Gasteiger partial charge < -0.3 is 14.9 Å². The number of hydrogen-bond donors (Lipinski definition) is 1. The lowest BCUT2D eigenvalue weighted by Crippen LogP contribution is -2.61. The highest BCUT2D eigenvalue weighted by molar-refractivity contribution is 7.15. The number of amides is 2. The minimum Gasteiger partial charge on any atom is -0.389 e. The molecule has 1 N–H and O–H groups in total. The summed E-state index contributed by atoms with van der Waals surface area (Å²) < 4.78 is 0. The van der Waals surface area contributed by atoms with Crippen LogP contribution < -0.4 is 0 Å². The van der Waals surface area contributed by atoms with E-state index in [9.17, 15) is 9.90 Å².